The van der Waals surface area contributed by atoms with Crippen molar-refractivity contribution < 1.29 is 18.3 Å². The number of hydrogen-bond acceptors (Lipinski definition) is 3. The molecule has 1 rings (SSSR count). The highest BCUT2D eigenvalue weighted by Gasteiger charge is 2.20. The Balaban J connectivity index is 3.09. The molecule has 0 fully saturated rings. The van der Waals surface area contributed by atoms with Crippen LogP contribution >= 0.6 is 15.9 Å². The number of carbonyl (C=O) groups excluding carboxylic acids is 1. The molecule has 82 valence electrons. The van der Waals surface area contributed by atoms with Gasteiger partial charge in [-0.05, 0) is 28.9 Å². The summed E-state index contributed by atoms with van der Waals surface area (Å²) in [5, 5.41) is 0. The van der Waals surface area contributed by atoms with Crippen molar-refractivity contribution in [1.29, 1.82) is 0 Å². The van der Waals surface area contributed by atoms with Crippen LogP contribution in [0.2, 0.25) is 0 Å². The Hall–Kier alpha value is -1.04. The first-order valence-electron chi connectivity index (χ1n) is 4.17. The third-order valence-electron chi connectivity index (χ3n) is 1.62. The third kappa shape index (κ3) is 2.71. The van der Waals surface area contributed by atoms with Crippen molar-refractivity contribution in [1.82, 2.24) is 4.98 Å². The van der Waals surface area contributed by atoms with Crippen LogP contribution in [0.25, 0.3) is 0 Å². The van der Waals surface area contributed by atoms with Crippen LogP contribution in [0.3, 0.4) is 0 Å². The third-order valence-corrected chi connectivity index (χ3v) is 2.46. The topological polar surface area (TPSA) is 39.2 Å². The predicted molar refractivity (Wildman–Crippen MR) is 52.9 cm³/mol. The van der Waals surface area contributed by atoms with Gasteiger partial charge in [-0.2, -0.15) is 0 Å². The number of aromatic nitrogens is 1. The molecule has 0 atom stereocenters. The lowest BCUT2D eigenvalue weighted by Gasteiger charge is -2.07. The molecular formula is C9H8BrF2NO2. The maximum Gasteiger partial charge on any atom is 0.358 e. The van der Waals surface area contributed by atoms with Crippen LogP contribution in [0, 0.1) is 0 Å². The second-order valence-electron chi connectivity index (χ2n) is 2.58. The van der Waals surface area contributed by atoms with Crippen LogP contribution < -0.4 is 0 Å². The number of esters is 1. The molecule has 0 radical (unpaired) electrons. The van der Waals surface area contributed by atoms with E-state index in [-0.39, 0.29) is 22.3 Å². The van der Waals surface area contributed by atoms with Gasteiger partial charge in [-0.1, -0.05) is 0 Å². The SMILES string of the molecule is CCOC(=O)c1nccc(C(F)F)c1Br. The Kier molecular flexibility index (Phi) is 4.14. The summed E-state index contributed by atoms with van der Waals surface area (Å²) in [7, 11) is 0. The monoisotopic (exact) mass is 279 g/mol. The van der Waals surface area contributed by atoms with Crippen molar-refractivity contribution >= 4 is 21.9 Å². The van der Waals surface area contributed by atoms with Gasteiger partial charge in [0, 0.05) is 11.8 Å². The van der Waals surface area contributed by atoms with E-state index < -0.39 is 12.4 Å². The smallest absolute Gasteiger partial charge is 0.358 e. The Morgan fingerprint density at radius 1 is 1.67 bits per heavy atom. The standard InChI is InChI=1S/C9H8BrF2NO2/c1-2-15-9(14)7-6(10)5(8(11)12)3-4-13-7/h3-4,8H,2H2,1H3. The fourth-order valence-electron chi connectivity index (χ4n) is 0.969. The molecule has 0 saturated carbocycles. The zero-order valence-corrected chi connectivity index (χ0v) is 9.42. The van der Waals surface area contributed by atoms with Crippen molar-refractivity contribution in [2.45, 2.75) is 13.3 Å². The summed E-state index contributed by atoms with van der Waals surface area (Å²) in [4.78, 5) is 15.0. The zero-order chi connectivity index (χ0) is 11.4. The molecule has 1 aromatic heterocycles. The molecule has 0 bridgehead atoms. The van der Waals surface area contributed by atoms with Crippen LogP contribution in [0.5, 0.6) is 0 Å². The Morgan fingerprint density at radius 2 is 2.33 bits per heavy atom. The van der Waals surface area contributed by atoms with Gasteiger partial charge in [-0.25, -0.2) is 18.6 Å². The van der Waals surface area contributed by atoms with Crippen LogP contribution in [0.1, 0.15) is 29.4 Å². The highest BCUT2D eigenvalue weighted by atomic mass is 79.9. The summed E-state index contributed by atoms with van der Waals surface area (Å²) in [6.45, 7) is 1.80. The van der Waals surface area contributed by atoms with Gasteiger partial charge in [0.2, 0.25) is 0 Å². The van der Waals surface area contributed by atoms with Gasteiger partial charge in [0.1, 0.15) is 0 Å². The van der Waals surface area contributed by atoms with Crippen LogP contribution in [-0.4, -0.2) is 17.6 Å². The summed E-state index contributed by atoms with van der Waals surface area (Å²) in [5.41, 5.74) is -0.400. The van der Waals surface area contributed by atoms with Crippen molar-refractivity contribution in [3.8, 4) is 0 Å². The van der Waals surface area contributed by atoms with Crippen molar-refractivity contribution in [2.75, 3.05) is 6.61 Å². The average Bonchev–Trinajstić information content (AvgIpc) is 2.17. The van der Waals surface area contributed by atoms with Crippen LogP contribution in [-0.2, 0) is 4.74 Å². The molecule has 0 spiro atoms. The van der Waals surface area contributed by atoms with Gasteiger partial charge < -0.3 is 4.74 Å². The second-order valence-corrected chi connectivity index (χ2v) is 3.38. The van der Waals surface area contributed by atoms with Crippen molar-refractivity contribution in [3.05, 3.63) is 28.0 Å². The number of nitrogens with zero attached hydrogens (tertiary/aromatic N) is 1. The molecule has 15 heavy (non-hydrogen) atoms. The average molecular weight is 280 g/mol. The number of pyridine rings is 1. The number of halogens is 3. The Bertz CT molecular complexity index is 371. The summed E-state index contributed by atoms with van der Waals surface area (Å²) in [5.74, 6) is -0.716. The van der Waals surface area contributed by atoms with E-state index >= 15 is 0 Å². The van der Waals surface area contributed by atoms with Crippen LogP contribution in [0.15, 0.2) is 16.7 Å². The van der Waals surface area contributed by atoms with Gasteiger partial charge >= 0.3 is 5.97 Å². The molecular weight excluding hydrogens is 272 g/mol. The maximum absolute atomic E-state index is 12.4. The Morgan fingerprint density at radius 3 is 2.87 bits per heavy atom. The highest BCUT2D eigenvalue weighted by Crippen LogP contribution is 2.29. The van der Waals surface area contributed by atoms with E-state index in [0.29, 0.717) is 0 Å². The van der Waals surface area contributed by atoms with E-state index in [4.69, 9.17) is 0 Å². The second kappa shape index (κ2) is 5.16. The van der Waals surface area contributed by atoms with E-state index in [0.717, 1.165) is 12.3 Å². The maximum atomic E-state index is 12.4. The van der Waals surface area contributed by atoms with Crippen LogP contribution in [0.4, 0.5) is 8.78 Å². The Labute approximate surface area is 93.6 Å². The molecule has 0 aliphatic heterocycles. The number of hydrogen-bond donors (Lipinski definition) is 0. The molecule has 0 unspecified atom stereocenters. The lowest BCUT2D eigenvalue weighted by Crippen LogP contribution is -2.09. The highest BCUT2D eigenvalue weighted by molar-refractivity contribution is 9.10. The van der Waals surface area contributed by atoms with Gasteiger partial charge in [0.25, 0.3) is 6.43 Å². The normalized spacial score (nSPS) is 10.5. The molecule has 0 N–H and O–H groups in total. The van der Waals surface area contributed by atoms with E-state index in [9.17, 15) is 13.6 Å². The fraction of sp³-hybridized carbons (Fsp3) is 0.333. The minimum Gasteiger partial charge on any atom is -0.461 e. The molecule has 1 heterocycles. The van der Waals surface area contributed by atoms with Crippen molar-refractivity contribution in [3.63, 3.8) is 0 Å². The zero-order valence-electron chi connectivity index (χ0n) is 7.84. The van der Waals surface area contributed by atoms with Gasteiger partial charge in [-0.15, -0.1) is 0 Å². The first-order chi connectivity index (χ1) is 7.07. The molecule has 0 aliphatic rings. The van der Waals surface area contributed by atoms with E-state index in [1.54, 1.807) is 6.92 Å². The minimum atomic E-state index is -2.66. The molecule has 6 heteroatoms. The molecule has 0 aromatic carbocycles. The fourth-order valence-corrected chi connectivity index (χ4v) is 1.54. The summed E-state index contributed by atoms with van der Waals surface area (Å²) < 4.78 is 29.5. The first kappa shape index (κ1) is 12.0. The van der Waals surface area contributed by atoms with Gasteiger partial charge in [0.15, 0.2) is 5.69 Å². The lowest BCUT2D eigenvalue weighted by molar-refractivity contribution is 0.0517. The lowest BCUT2D eigenvalue weighted by atomic mass is 10.2. The quantitative estimate of drug-likeness (QED) is 0.799. The van der Waals surface area contributed by atoms with Crippen molar-refractivity contribution in [2.24, 2.45) is 0 Å². The van der Waals surface area contributed by atoms with E-state index in [1.165, 1.54) is 0 Å². The predicted octanol–water partition coefficient (Wildman–Crippen LogP) is 2.96. The largest absolute Gasteiger partial charge is 0.461 e. The van der Waals surface area contributed by atoms with Gasteiger partial charge in [-0.3, -0.25) is 0 Å². The van der Waals surface area contributed by atoms with E-state index in [2.05, 4.69) is 25.7 Å². The number of ether oxygens (including phenoxy) is 1. The summed E-state index contributed by atoms with van der Waals surface area (Å²) >= 11 is 2.91. The number of carbonyl (C=O) groups is 1. The molecule has 0 amide bonds. The number of alkyl halides is 2. The minimum absolute atomic E-state index is 0.0153. The summed E-state index contributed by atoms with van der Waals surface area (Å²) in [6, 6.07) is 1.15. The summed E-state index contributed by atoms with van der Waals surface area (Å²) in [6.07, 6.45) is -1.51. The molecule has 0 aliphatic carbocycles. The van der Waals surface area contributed by atoms with Gasteiger partial charge in [0.05, 0.1) is 11.1 Å². The van der Waals surface area contributed by atoms with E-state index in [1.807, 2.05) is 0 Å². The first-order valence-corrected chi connectivity index (χ1v) is 4.96. The molecule has 3 nitrogen and oxygen atoms in total. The molecule has 1 aromatic rings. The molecule has 0 saturated heterocycles. The number of rotatable bonds is 3.